The third-order valence-corrected chi connectivity index (χ3v) is 3.46. The lowest BCUT2D eigenvalue weighted by atomic mass is 10.0. The molecule has 0 aromatic heterocycles. The first-order valence-electron chi connectivity index (χ1n) is 5.31. The Labute approximate surface area is 119 Å². The second-order valence-electron chi connectivity index (χ2n) is 3.74. The molecule has 0 bridgehead atoms. The number of nitrogens with zero attached hydrogens (tertiary/aromatic N) is 1. The van der Waals surface area contributed by atoms with E-state index in [0.29, 0.717) is 26.9 Å². The maximum absolute atomic E-state index is 10.7. The maximum atomic E-state index is 10.7. The molecule has 2 aromatic rings. The van der Waals surface area contributed by atoms with Gasteiger partial charge in [0, 0.05) is 17.2 Å². The molecule has 0 aliphatic carbocycles. The van der Waals surface area contributed by atoms with Crippen LogP contribution in [0.2, 0.25) is 10.0 Å². The van der Waals surface area contributed by atoms with Gasteiger partial charge in [-0.25, -0.2) is 0 Å². The molecule has 0 radical (unpaired) electrons. The Bertz CT molecular complexity index is 644. The van der Waals surface area contributed by atoms with Crippen LogP contribution in [0.25, 0.3) is 11.1 Å². The number of hydrogen-bond donors (Lipinski definition) is 0. The molecule has 0 fully saturated rings. The minimum Gasteiger partial charge on any atom is -0.496 e. The van der Waals surface area contributed by atoms with Crippen LogP contribution in [0.3, 0.4) is 0 Å². The third-order valence-electron chi connectivity index (χ3n) is 2.64. The van der Waals surface area contributed by atoms with Gasteiger partial charge in [-0.15, -0.1) is 0 Å². The monoisotopic (exact) mass is 297 g/mol. The predicted molar refractivity (Wildman–Crippen MR) is 75.1 cm³/mol. The van der Waals surface area contributed by atoms with Crippen LogP contribution in [0.15, 0.2) is 36.4 Å². The van der Waals surface area contributed by atoms with Crippen molar-refractivity contribution >= 4 is 28.9 Å². The van der Waals surface area contributed by atoms with Gasteiger partial charge in [0.1, 0.15) is 5.75 Å². The van der Waals surface area contributed by atoms with Crippen LogP contribution >= 0.6 is 23.2 Å². The number of benzene rings is 2. The molecule has 19 heavy (non-hydrogen) atoms. The summed E-state index contributed by atoms with van der Waals surface area (Å²) in [5, 5.41) is 11.5. The van der Waals surface area contributed by atoms with Gasteiger partial charge in [0.2, 0.25) is 0 Å². The molecule has 4 nitrogen and oxygen atoms in total. The average Bonchev–Trinajstić information content (AvgIpc) is 2.41. The van der Waals surface area contributed by atoms with Gasteiger partial charge in [0.05, 0.1) is 28.1 Å². The van der Waals surface area contributed by atoms with Gasteiger partial charge in [0.15, 0.2) is 0 Å². The smallest absolute Gasteiger partial charge is 0.273 e. The summed E-state index contributed by atoms with van der Waals surface area (Å²) in [5.74, 6) is 0.373. The van der Waals surface area contributed by atoms with Crippen LogP contribution in [-0.2, 0) is 0 Å². The number of rotatable bonds is 3. The Kier molecular flexibility index (Phi) is 3.93. The first-order valence-corrected chi connectivity index (χ1v) is 6.07. The first kappa shape index (κ1) is 13.6. The van der Waals surface area contributed by atoms with Crippen LogP contribution in [0, 0.1) is 10.1 Å². The summed E-state index contributed by atoms with van der Waals surface area (Å²) in [4.78, 5) is 10.3. The second-order valence-corrected chi connectivity index (χ2v) is 4.53. The molecule has 0 N–H and O–H groups in total. The molecule has 0 heterocycles. The lowest BCUT2D eigenvalue weighted by molar-refractivity contribution is -0.384. The van der Waals surface area contributed by atoms with Crippen molar-refractivity contribution in [3.63, 3.8) is 0 Å². The minimum atomic E-state index is -0.480. The highest BCUT2D eigenvalue weighted by atomic mass is 35.5. The van der Waals surface area contributed by atoms with Crippen molar-refractivity contribution in [1.82, 2.24) is 0 Å². The Morgan fingerprint density at radius 1 is 1.16 bits per heavy atom. The van der Waals surface area contributed by atoms with Crippen LogP contribution in [0.5, 0.6) is 5.75 Å². The number of halogens is 2. The average molecular weight is 298 g/mol. The standard InChI is InChI=1S/C13H9Cl2NO3/c1-19-12-7-8(16(17)18)5-6-9(12)10-3-2-4-11(14)13(10)15/h2-7H,1H3. The van der Waals surface area contributed by atoms with Gasteiger partial charge >= 0.3 is 0 Å². The van der Waals surface area contributed by atoms with E-state index < -0.39 is 4.92 Å². The Balaban J connectivity index is 2.62. The summed E-state index contributed by atoms with van der Waals surface area (Å²) in [5.41, 5.74) is 1.28. The van der Waals surface area contributed by atoms with Crippen molar-refractivity contribution < 1.29 is 9.66 Å². The molecule has 2 rings (SSSR count). The Morgan fingerprint density at radius 2 is 1.89 bits per heavy atom. The summed E-state index contributed by atoms with van der Waals surface area (Å²) in [7, 11) is 1.45. The van der Waals surface area contributed by atoms with E-state index in [1.165, 1.54) is 19.2 Å². The molecular weight excluding hydrogens is 289 g/mol. The highest BCUT2D eigenvalue weighted by Gasteiger charge is 2.15. The largest absolute Gasteiger partial charge is 0.496 e. The van der Waals surface area contributed by atoms with Gasteiger partial charge in [0.25, 0.3) is 5.69 Å². The number of nitro groups is 1. The zero-order valence-electron chi connectivity index (χ0n) is 9.89. The van der Waals surface area contributed by atoms with Crippen LogP contribution in [0.4, 0.5) is 5.69 Å². The highest BCUT2D eigenvalue weighted by molar-refractivity contribution is 6.43. The van der Waals surface area contributed by atoms with Crippen molar-refractivity contribution in [2.24, 2.45) is 0 Å². The number of hydrogen-bond acceptors (Lipinski definition) is 3. The molecule has 0 atom stereocenters. The predicted octanol–water partition coefficient (Wildman–Crippen LogP) is 4.58. The van der Waals surface area contributed by atoms with Crippen molar-refractivity contribution in [2.45, 2.75) is 0 Å². The zero-order chi connectivity index (χ0) is 14.0. The van der Waals surface area contributed by atoms with E-state index in [4.69, 9.17) is 27.9 Å². The van der Waals surface area contributed by atoms with E-state index in [1.807, 2.05) is 0 Å². The van der Waals surface area contributed by atoms with Crippen LogP contribution < -0.4 is 4.74 Å². The van der Waals surface area contributed by atoms with Gasteiger partial charge in [-0.2, -0.15) is 0 Å². The van der Waals surface area contributed by atoms with E-state index in [1.54, 1.807) is 24.3 Å². The van der Waals surface area contributed by atoms with Crippen molar-refractivity contribution in [2.75, 3.05) is 7.11 Å². The van der Waals surface area contributed by atoms with Gasteiger partial charge in [-0.1, -0.05) is 35.3 Å². The molecule has 98 valence electrons. The Hall–Kier alpha value is -1.78. The summed E-state index contributed by atoms with van der Waals surface area (Å²) < 4.78 is 5.18. The highest BCUT2D eigenvalue weighted by Crippen LogP contribution is 2.39. The lowest BCUT2D eigenvalue weighted by Gasteiger charge is -2.10. The first-order chi connectivity index (χ1) is 9.04. The van der Waals surface area contributed by atoms with E-state index in [-0.39, 0.29) is 5.69 Å². The number of non-ortho nitro benzene ring substituents is 1. The quantitative estimate of drug-likeness (QED) is 0.615. The Morgan fingerprint density at radius 3 is 2.53 bits per heavy atom. The molecule has 2 aromatic carbocycles. The summed E-state index contributed by atoms with van der Waals surface area (Å²) in [6.45, 7) is 0. The third kappa shape index (κ3) is 2.64. The maximum Gasteiger partial charge on any atom is 0.273 e. The molecule has 6 heteroatoms. The molecule has 0 spiro atoms. The lowest BCUT2D eigenvalue weighted by Crippen LogP contribution is -1.93. The summed E-state index contributed by atoms with van der Waals surface area (Å²) >= 11 is 12.1. The van der Waals surface area contributed by atoms with Crippen LogP contribution in [-0.4, -0.2) is 12.0 Å². The molecule has 0 unspecified atom stereocenters. The van der Waals surface area contributed by atoms with Gasteiger partial charge in [-0.05, 0) is 12.1 Å². The molecule has 0 aliphatic rings. The van der Waals surface area contributed by atoms with E-state index in [9.17, 15) is 10.1 Å². The zero-order valence-corrected chi connectivity index (χ0v) is 11.4. The normalized spacial score (nSPS) is 10.3. The number of ether oxygens (including phenoxy) is 1. The fourth-order valence-electron chi connectivity index (χ4n) is 1.73. The van der Waals surface area contributed by atoms with Crippen LogP contribution in [0.1, 0.15) is 0 Å². The van der Waals surface area contributed by atoms with Crippen molar-refractivity contribution in [1.29, 1.82) is 0 Å². The van der Waals surface area contributed by atoms with E-state index >= 15 is 0 Å². The molecule has 0 saturated heterocycles. The summed E-state index contributed by atoms with van der Waals surface area (Å²) in [6, 6.07) is 9.55. The van der Waals surface area contributed by atoms with Gasteiger partial charge < -0.3 is 4.74 Å². The minimum absolute atomic E-state index is 0.0428. The number of nitro benzene ring substituents is 1. The fraction of sp³-hybridized carbons (Fsp3) is 0.0769. The molecule has 0 amide bonds. The van der Waals surface area contributed by atoms with Crippen molar-refractivity contribution in [3.8, 4) is 16.9 Å². The molecule has 0 aliphatic heterocycles. The molecule has 0 saturated carbocycles. The van der Waals surface area contributed by atoms with E-state index in [0.717, 1.165) is 0 Å². The SMILES string of the molecule is COc1cc([N+](=O)[O-])ccc1-c1cccc(Cl)c1Cl. The summed E-state index contributed by atoms with van der Waals surface area (Å²) in [6.07, 6.45) is 0. The van der Waals surface area contributed by atoms with E-state index in [2.05, 4.69) is 0 Å². The number of methoxy groups -OCH3 is 1. The fourth-order valence-corrected chi connectivity index (χ4v) is 2.13. The van der Waals surface area contributed by atoms with Crippen molar-refractivity contribution in [3.05, 3.63) is 56.6 Å². The van der Waals surface area contributed by atoms with Gasteiger partial charge in [-0.3, -0.25) is 10.1 Å². The second kappa shape index (κ2) is 5.47. The molecular formula is C13H9Cl2NO3. The topological polar surface area (TPSA) is 52.4 Å².